The zero-order chi connectivity index (χ0) is 19.6. The van der Waals surface area contributed by atoms with Gasteiger partial charge in [-0.25, -0.2) is 9.78 Å². The van der Waals surface area contributed by atoms with Crippen molar-refractivity contribution in [2.75, 3.05) is 16.8 Å². The largest absolute Gasteiger partial charge is 0.478 e. The highest BCUT2D eigenvalue weighted by molar-refractivity contribution is 6.31. The molecule has 2 N–H and O–H groups in total. The molecule has 2 heterocycles. The molecule has 1 aromatic heterocycles. The van der Waals surface area contributed by atoms with E-state index in [1.807, 2.05) is 0 Å². The Labute approximate surface area is 163 Å². The molecular weight excluding hydrogens is 366 g/mol. The fourth-order valence-corrected chi connectivity index (χ4v) is 3.69. The van der Waals surface area contributed by atoms with E-state index in [1.165, 1.54) is 12.1 Å². The van der Waals surface area contributed by atoms with Crippen LogP contribution in [-0.2, 0) is 0 Å². The maximum atomic E-state index is 12.6. The maximum Gasteiger partial charge on any atom is 0.335 e. The van der Waals surface area contributed by atoms with Crippen LogP contribution in [0.15, 0.2) is 30.3 Å². The molecule has 142 valence electrons. The lowest BCUT2D eigenvalue weighted by Crippen LogP contribution is -2.30. The number of amides is 1. The minimum Gasteiger partial charge on any atom is -0.478 e. The monoisotopic (exact) mass is 387 g/mol. The van der Waals surface area contributed by atoms with Gasteiger partial charge in [0.15, 0.2) is 0 Å². The Kier molecular flexibility index (Phi) is 5.65. The number of pyridine rings is 1. The third-order valence-corrected chi connectivity index (χ3v) is 5.08. The Morgan fingerprint density at radius 3 is 2.78 bits per heavy atom. The van der Waals surface area contributed by atoms with Gasteiger partial charge in [-0.1, -0.05) is 18.5 Å². The molecular formula is C20H22ClN3O3. The second-order valence-corrected chi connectivity index (χ2v) is 7.15. The molecule has 27 heavy (non-hydrogen) atoms. The van der Waals surface area contributed by atoms with Gasteiger partial charge in [0.25, 0.3) is 5.91 Å². The van der Waals surface area contributed by atoms with Crippen molar-refractivity contribution in [2.24, 2.45) is 0 Å². The van der Waals surface area contributed by atoms with Crippen LogP contribution < -0.4 is 10.2 Å². The number of carbonyl (C=O) groups excluding carboxylic acids is 1. The first-order valence-electron chi connectivity index (χ1n) is 8.98. The summed E-state index contributed by atoms with van der Waals surface area (Å²) in [6, 6.07) is 8.40. The molecule has 1 aliphatic rings. The number of hydrogen-bond donors (Lipinski definition) is 2. The number of anilines is 2. The van der Waals surface area contributed by atoms with Gasteiger partial charge in [0, 0.05) is 23.3 Å². The Bertz CT molecular complexity index is 885. The Balaban J connectivity index is 1.83. The molecule has 0 radical (unpaired) electrons. The lowest BCUT2D eigenvalue weighted by Gasteiger charge is -2.25. The molecule has 2 aromatic rings. The highest BCUT2D eigenvalue weighted by Gasteiger charge is 2.25. The van der Waals surface area contributed by atoms with Gasteiger partial charge in [0.1, 0.15) is 11.5 Å². The predicted octanol–water partition coefficient (Wildman–Crippen LogP) is 4.37. The zero-order valence-electron chi connectivity index (χ0n) is 15.3. The van der Waals surface area contributed by atoms with Crippen molar-refractivity contribution < 1.29 is 14.7 Å². The molecule has 1 aliphatic heterocycles. The van der Waals surface area contributed by atoms with Crippen LogP contribution in [0.5, 0.6) is 0 Å². The van der Waals surface area contributed by atoms with E-state index in [4.69, 9.17) is 16.7 Å². The third-order valence-electron chi connectivity index (χ3n) is 4.87. The van der Waals surface area contributed by atoms with Gasteiger partial charge in [0.05, 0.1) is 5.56 Å². The first-order chi connectivity index (χ1) is 12.9. The number of carboxylic acid groups (broad SMARTS) is 1. The summed E-state index contributed by atoms with van der Waals surface area (Å²) in [6.45, 7) is 4.74. The van der Waals surface area contributed by atoms with Gasteiger partial charge in [-0.2, -0.15) is 0 Å². The van der Waals surface area contributed by atoms with Gasteiger partial charge in [0.2, 0.25) is 0 Å². The van der Waals surface area contributed by atoms with E-state index in [2.05, 4.69) is 22.1 Å². The fraction of sp³-hybridized carbons (Fsp3) is 0.350. The SMILES string of the molecule is CC[C@H]1CCCN1c1cc(Cl)cc(C(=O)Nc2ccc(C(=O)O)c(C)c2)n1. The Hall–Kier alpha value is -2.60. The second-order valence-electron chi connectivity index (χ2n) is 6.72. The van der Waals surface area contributed by atoms with E-state index in [1.54, 1.807) is 25.1 Å². The third kappa shape index (κ3) is 4.22. The number of nitrogens with zero attached hydrogens (tertiary/aromatic N) is 2. The Morgan fingerprint density at radius 1 is 1.33 bits per heavy atom. The summed E-state index contributed by atoms with van der Waals surface area (Å²) in [7, 11) is 0. The average Bonchev–Trinajstić information content (AvgIpc) is 3.09. The van der Waals surface area contributed by atoms with Crippen LogP contribution >= 0.6 is 11.6 Å². The molecule has 0 aliphatic carbocycles. The number of nitrogens with one attached hydrogen (secondary N) is 1. The quantitative estimate of drug-likeness (QED) is 0.795. The number of aromatic carboxylic acids is 1. The molecule has 6 nitrogen and oxygen atoms in total. The van der Waals surface area contributed by atoms with E-state index in [0.717, 1.165) is 31.6 Å². The number of hydrogen-bond acceptors (Lipinski definition) is 4. The van der Waals surface area contributed by atoms with Gasteiger partial charge < -0.3 is 15.3 Å². The Morgan fingerprint density at radius 2 is 2.11 bits per heavy atom. The van der Waals surface area contributed by atoms with Crippen LogP contribution in [0, 0.1) is 6.92 Å². The van der Waals surface area contributed by atoms with Crippen molar-refractivity contribution in [3.05, 3.63) is 52.2 Å². The standard InChI is InChI=1S/C20H22ClN3O3/c1-3-15-5-4-8-24(15)18-11-13(21)10-17(23-18)19(25)22-14-6-7-16(20(26)27)12(2)9-14/h6-7,9-11,15H,3-5,8H2,1-2H3,(H,22,25)(H,26,27)/t15-/m0/s1. The topological polar surface area (TPSA) is 82.5 Å². The van der Waals surface area contributed by atoms with E-state index >= 15 is 0 Å². The first-order valence-corrected chi connectivity index (χ1v) is 9.36. The van der Waals surface area contributed by atoms with Crippen molar-refractivity contribution in [1.29, 1.82) is 0 Å². The van der Waals surface area contributed by atoms with E-state index in [-0.39, 0.29) is 17.2 Å². The number of aromatic nitrogens is 1. The second kappa shape index (κ2) is 7.96. The average molecular weight is 388 g/mol. The maximum absolute atomic E-state index is 12.6. The van der Waals surface area contributed by atoms with Gasteiger partial charge in [-0.15, -0.1) is 0 Å². The van der Waals surface area contributed by atoms with Crippen molar-refractivity contribution in [2.45, 2.75) is 39.2 Å². The van der Waals surface area contributed by atoms with E-state index in [9.17, 15) is 9.59 Å². The number of carbonyl (C=O) groups is 2. The van der Waals surface area contributed by atoms with Crippen molar-refractivity contribution in [3.63, 3.8) is 0 Å². The lowest BCUT2D eigenvalue weighted by atomic mass is 10.1. The number of rotatable bonds is 5. The molecule has 0 saturated carbocycles. The molecule has 1 saturated heterocycles. The van der Waals surface area contributed by atoms with Crippen LogP contribution in [0.1, 0.15) is 52.6 Å². The number of benzene rings is 1. The number of aryl methyl sites for hydroxylation is 1. The van der Waals surface area contributed by atoms with E-state index in [0.29, 0.717) is 22.3 Å². The van der Waals surface area contributed by atoms with Gasteiger partial charge in [-0.3, -0.25) is 4.79 Å². The highest BCUT2D eigenvalue weighted by atomic mass is 35.5. The molecule has 1 amide bonds. The molecule has 1 fully saturated rings. The van der Waals surface area contributed by atoms with Crippen molar-refractivity contribution in [1.82, 2.24) is 4.98 Å². The smallest absolute Gasteiger partial charge is 0.335 e. The lowest BCUT2D eigenvalue weighted by molar-refractivity contribution is 0.0696. The van der Waals surface area contributed by atoms with Gasteiger partial charge >= 0.3 is 5.97 Å². The normalized spacial score (nSPS) is 16.4. The summed E-state index contributed by atoms with van der Waals surface area (Å²) in [4.78, 5) is 30.5. The fourth-order valence-electron chi connectivity index (χ4n) is 3.49. The highest BCUT2D eigenvalue weighted by Crippen LogP contribution is 2.28. The van der Waals surface area contributed by atoms with Crippen LogP contribution in [0.2, 0.25) is 5.02 Å². The summed E-state index contributed by atoms with van der Waals surface area (Å²) in [5.74, 6) is -0.662. The molecule has 1 atom stereocenters. The minimum atomic E-state index is -0.998. The summed E-state index contributed by atoms with van der Waals surface area (Å²) >= 11 is 6.24. The first kappa shape index (κ1) is 19.2. The van der Waals surface area contributed by atoms with Crippen molar-refractivity contribution in [3.8, 4) is 0 Å². The molecule has 3 rings (SSSR count). The van der Waals surface area contributed by atoms with Crippen LogP contribution in [0.25, 0.3) is 0 Å². The zero-order valence-corrected chi connectivity index (χ0v) is 16.1. The molecule has 0 unspecified atom stereocenters. The summed E-state index contributed by atoms with van der Waals surface area (Å²) in [5, 5.41) is 12.3. The van der Waals surface area contributed by atoms with Gasteiger partial charge in [-0.05, 0) is 62.1 Å². The molecule has 1 aromatic carbocycles. The predicted molar refractivity (Wildman–Crippen MR) is 106 cm³/mol. The van der Waals surface area contributed by atoms with Crippen molar-refractivity contribution >= 4 is 35.0 Å². The minimum absolute atomic E-state index is 0.204. The number of carboxylic acids is 1. The van der Waals surface area contributed by atoms with Crippen LogP contribution in [-0.4, -0.2) is 34.6 Å². The molecule has 7 heteroatoms. The molecule has 0 bridgehead atoms. The number of halogens is 1. The van der Waals surface area contributed by atoms with Crippen LogP contribution in [0.4, 0.5) is 11.5 Å². The summed E-state index contributed by atoms with van der Waals surface area (Å²) < 4.78 is 0. The summed E-state index contributed by atoms with van der Waals surface area (Å²) in [6.07, 6.45) is 3.23. The van der Waals surface area contributed by atoms with Crippen LogP contribution in [0.3, 0.4) is 0 Å². The summed E-state index contributed by atoms with van der Waals surface area (Å²) in [5.41, 5.74) is 1.52. The molecule has 0 spiro atoms. The van der Waals surface area contributed by atoms with E-state index < -0.39 is 5.97 Å².